The number of thioether (sulfide) groups is 1. The highest BCUT2D eigenvalue weighted by Gasteiger charge is 2.30. The second kappa shape index (κ2) is 7.53. The number of nitrogens with zero attached hydrogens (tertiary/aromatic N) is 5. The number of thiazole rings is 1. The number of halogens is 1. The highest BCUT2D eigenvalue weighted by molar-refractivity contribution is 7.99. The van der Waals surface area contributed by atoms with Gasteiger partial charge in [-0.25, -0.2) is 9.37 Å². The Bertz CT molecular complexity index is 1190. The van der Waals surface area contributed by atoms with Gasteiger partial charge in [0.05, 0.1) is 16.0 Å². The highest BCUT2D eigenvalue weighted by atomic mass is 32.2. The lowest BCUT2D eigenvalue weighted by atomic mass is 10.3. The van der Waals surface area contributed by atoms with Gasteiger partial charge >= 0.3 is 0 Å². The predicted octanol–water partition coefficient (Wildman–Crippen LogP) is 4.15. The molecular formula is C19H15FN6OS2. The van der Waals surface area contributed by atoms with E-state index in [0.29, 0.717) is 26.5 Å². The van der Waals surface area contributed by atoms with E-state index in [2.05, 4.69) is 30.0 Å². The monoisotopic (exact) mass is 426 g/mol. The molecule has 0 bridgehead atoms. The number of aromatic nitrogens is 5. The zero-order valence-electron chi connectivity index (χ0n) is 15.1. The molecule has 1 amide bonds. The van der Waals surface area contributed by atoms with Crippen molar-refractivity contribution in [2.45, 2.75) is 24.0 Å². The Morgan fingerprint density at radius 3 is 3.00 bits per heavy atom. The molecule has 0 aliphatic heterocycles. The van der Waals surface area contributed by atoms with Crippen molar-refractivity contribution in [2.75, 3.05) is 11.1 Å². The average molecular weight is 427 g/mol. The number of nitrogens with one attached hydrogen (secondary N) is 1. The number of rotatable bonds is 6. The van der Waals surface area contributed by atoms with E-state index in [1.54, 1.807) is 18.5 Å². The lowest BCUT2D eigenvalue weighted by molar-refractivity contribution is -0.113. The Labute approximate surface area is 173 Å². The molecule has 0 spiro atoms. The van der Waals surface area contributed by atoms with Crippen molar-refractivity contribution in [3.05, 3.63) is 48.5 Å². The number of anilines is 1. The molecule has 5 rings (SSSR count). The Hall–Kier alpha value is -2.85. The second-order valence-electron chi connectivity index (χ2n) is 6.62. The van der Waals surface area contributed by atoms with Gasteiger partial charge in [0.2, 0.25) is 5.91 Å². The molecule has 1 saturated carbocycles. The first kappa shape index (κ1) is 18.2. The molecule has 1 aliphatic rings. The molecule has 3 aromatic heterocycles. The quantitative estimate of drug-likeness (QED) is 0.466. The first-order chi connectivity index (χ1) is 14.2. The van der Waals surface area contributed by atoms with E-state index in [0.717, 1.165) is 24.2 Å². The van der Waals surface area contributed by atoms with Crippen LogP contribution in [0.2, 0.25) is 0 Å². The number of pyridine rings is 1. The van der Waals surface area contributed by atoms with E-state index in [4.69, 9.17) is 0 Å². The number of benzene rings is 1. The lowest BCUT2D eigenvalue weighted by Gasteiger charge is -2.08. The third-order valence-electron chi connectivity index (χ3n) is 4.43. The number of hydrogen-bond donors (Lipinski definition) is 1. The number of carbonyl (C=O) groups is 1. The molecule has 0 unspecified atom stereocenters. The molecule has 4 aromatic rings. The maximum atomic E-state index is 13.3. The van der Waals surface area contributed by atoms with Gasteiger partial charge in [-0.05, 0) is 43.2 Å². The zero-order valence-corrected chi connectivity index (χ0v) is 16.7. The average Bonchev–Trinajstić information content (AvgIpc) is 3.35. The maximum absolute atomic E-state index is 13.3. The largest absolute Gasteiger partial charge is 0.301 e. The van der Waals surface area contributed by atoms with Crippen molar-refractivity contribution in [2.24, 2.45) is 0 Å². The van der Waals surface area contributed by atoms with E-state index in [9.17, 15) is 9.18 Å². The standard InChI is InChI=1S/C19H15FN6OS2/c20-12-3-6-14-15(8-12)29-18(22-14)23-16(27)10-28-19-25-24-17(26(19)13-4-5-13)11-2-1-7-21-9-11/h1-3,6-9,13H,4-5,10H2,(H,22,23,27). The normalized spacial score (nSPS) is 13.7. The molecule has 7 nitrogen and oxygen atoms in total. The fraction of sp³-hybridized carbons (Fsp3) is 0.211. The van der Waals surface area contributed by atoms with Crippen LogP contribution in [0.4, 0.5) is 9.52 Å². The molecule has 1 aromatic carbocycles. The van der Waals surface area contributed by atoms with Crippen LogP contribution in [-0.4, -0.2) is 36.4 Å². The predicted molar refractivity (Wildman–Crippen MR) is 110 cm³/mol. The Morgan fingerprint density at radius 1 is 1.31 bits per heavy atom. The van der Waals surface area contributed by atoms with Crippen LogP contribution in [0, 0.1) is 5.82 Å². The summed E-state index contributed by atoms with van der Waals surface area (Å²) in [6.07, 6.45) is 5.64. The number of carbonyl (C=O) groups excluding carboxylic acids is 1. The summed E-state index contributed by atoms with van der Waals surface area (Å²) in [6, 6.07) is 8.55. The van der Waals surface area contributed by atoms with Crippen molar-refractivity contribution in [1.29, 1.82) is 0 Å². The highest BCUT2D eigenvalue weighted by Crippen LogP contribution is 2.41. The molecule has 0 radical (unpaired) electrons. The van der Waals surface area contributed by atoms with Crippen LogP contribution in [-0.2, 0) is 4.79 Å². The second-order valence-corrected chi connectivity index (χ2v) is 8.59. The number of amides is 1. The van der Waals surface area contributed by atoms with Crippen LogP contribution in [0.3, 0.4) is 0 Å². The molecule has 146 valence electrons. The zero-order chi connectivity index (χ0) is 19.8. The topological polar surface area (TPSA) is 85.6 Å². The van der Waals surface area contributed by atoms with Gasteiger partial charge in [-0.15, -0.1) is 10.2 Å². The molecular weight excluding hydrogens is 411 g/mol. The van der Waals surface area contributed by atoms with E-state index in [1.807, 2.05) is 12.1 Å². The molecule has 1 aliphatic carbocycles. The molecule has 1 fully saturated rings. The third-order valence-corrected chi connectivity index (χ3v) is 6.30. The van der Waals surface area contributed by atoms with E-state index >= 15 is 0 Å². The smallest absolute Gasteiger partial charge is 0.236 e. The van der Waals surface area contributed by atoms with Crippen molar-refractivity contribution in [3.63, 3.8) is 0 Å². The summed E-state index contributed by atoms with van der Waals surface area (Å²) in [5.41, 5.74) is 1.57. The SMILES string of the molecule is O=C(CSc1nnc(-c2cccnc2)n1C1CC1)Nc1nc2ccc(F)cc2s1. The van der Waals surface area contributed by atoms with Crippen LogP contribution < -0.4 is 5.32 Å². The molecule has 3 heterocycles. The Balaban J connectivity index is 1.29. The summed E-state index contributed by atoms with van der Waals surface area (Å²) < 4.78 is 16.1. The van der Waals surface area contributed by atoms with Gasteiger partial charge < -0.3 is 5.32 Å². The summed E-state index contributed by atoms with van der Waals surface area (Å²) in [7, 11) is 0. The van der Waals surface area contributed by atoms with Crippen molar-refractivity contribution in [3.8, 4) is 11.4 Å². The lowest BCUT2D eigenvalue weighted by Crippen LogP contribution is -2.14. The molecule has 29 heavy (non-hydrogen) atoms. The van der Waals surface area contributed by atoms with Gasteiger partial charge in [0, 0.05) is 24.0 Å². The summed E-state index contributed by atoms with van der Waals surface area (Å²) in [5.74, 6) is 0.445. The van der Waals surface area contributed by atoms with Crippen molar-refractivity contribution >= 4 is 44.4 Å². The minimum atomic E-state index is -0.321. The van der Waals surface area contributed by atoms with Crippen LogP contribution in [0.25, 0.3) is 21.6 Å². The Kier molecular flexibility index (Phi) is 4.72. The first-order valence-electron chi connectivity index (χ1n) is 9.01. The van der Waals surface area contributed by atoms with Gasteiger partial charge in [-0.1, -0.05) is 23.1 Å². The van der Waals surface area contributed by atoms with Crippen molar-refractivity contribution in [1.82, 2.24) is 24.7 Å². The first-order valence-corrected chi connectivity index (χ1v) is 10.8. The van der Waals surface area contributed by atoms with E-state index < -0.39 is 0 Å². The van der Waals surface area contributed by atoms with Crippen LogP contribution in [0.15, 0.2) is 47.9 Å². The molecule has 0 saturated heterocycles. The summed E-state index contributed by atoms with van der Waals surface area (Å²) in [5, 5.41) is 12.6. The van der Waals surface area contributed by atoms with Crippen molar-refractivity contribution < 1.29 is 9.18 Å². The van der Waals surface area contributed by atoms with Gasteiger partial charge in [-0.3, -0.25) is 14.3 Å². The van der Waals surface area contributed by atoms with Gasteiger partial charge in [-0.2, -0.15) is 0 Å². The fourth-order valence-corrected chi connectivity index (χ4v) is 4.68. The summed E-state index contributed by atoms with van der Waals surface area (Å²) >= 11 is 2.59. The summed E-state index contributed by atoms with van der Waals surface area (Å²) in [4.78, 5) is 20.9. The molecule has 0 atom stereocenters. The number of fused-ring (bicyclic) bond motifs is 1. The molecule has 10 heteroatoms. The molecule has 1 N–H and O–H groups in total. The van der Waals surface area contributed by atoms with Crippen LogP contribution in [0.5, 0.6) is 0 Å². The fourth-order valence-electron chi connectivity index (χ4n) is 2.97. The van der Waals surface area contributed by atoms with E-state index in [1.165, 1.54) is 35.2 Å². The van der Waals surface area contributed by atoms with E-state index in [-0.39, 0.29) is 17.5 Å². The summed E-state index contributed by atoms with van der Waals surface area (Å²) in [6.45, 7) is 0. The number of hydrogen-bond acceptors (Lipinski definition) is 7. The van der Waals surface area contributed by atoms with Gasteiger partial charge in [0.15, 0.2) is 16.1 Å². The minimum absolute atomic E-state index is 0.183. The van der Waals surface area contributed by atoms with Crippen LogP contribution >= 0.6 is 23.1 Å². The third kappa shape index (κ3) is 3.85. The van der Waals surface area contributed by atoms with Crippen LogP contribution in [0.1, 0.15) is 18.9 Å². The van der Waals surface area contributed by atoms with Gasteiger partial charge in [0.1, 0.15) is 5.82 Å². The maximum Gasteiger partial charge on any atom is 0.236 e. The minimum Gasteiger partial charge on any atom is -0.301 e. The van der Waals surface area contributed by atoms with Gasteiger partial charge in [0.25, 0.3) is 0 Å². The Morgan fingerprint density at radius 2 is 2.21 bits per heavy atom.